The molecule has 4 heteroatoms. The van der Waals surface area contributed by atoms with Crippen molar-refractivity contribution < 1.29 is 0 Å². The van der Waals surface area contributed by atoms with E-state index in [1.54, 1.807) is 0 Å². The minimum atomic E-state index is 1.14. The maximum Gasteiger partial charge on any atom is 0.0515 e. The molecule has 0 aliphatic carbocycles. The maximum atomic E-state index is 4.00. The quantitative estimate of drug-likeness (QED) is 0.136. The third-order valence-electron chi connectivity index (χ3n) is 9.86. The highest BCUT2D eigenvalue weighted by Gasteiger charge is 2.19. The molecule has 4 nitrogen and oxygen atoms in total. The van der Waals surface area contributed by atoms with E-state index in [0.717, 1.165) is 44.2 Å². The van der Waals surface area contributed by atoms with Gasteiger partial charge in [0.05, 0.1) is 44.2 Å². The van der Waals surface area contributed by atoms with Crippen LogP contribution in [0.25, 0.3) is 65.4 Å². The largest absolute Gasteiger partial charge is 0.354 e. The Bertz CT molecular complexity index is 2430. The highest BCUT2D eigenvalue weighted by Crippen LogP contribution is 2.32. The van der Waals surface area contributed by atoms with Gasteiger partial charge in [-0.1, -0.05) is 97.1 Å². The van der Waals surface area contributed by atoms with Crippen molar-refractivity contribution >= 4 is 65.4 Å². The van der Waals surface area contributed by atoms with E-state index >= 15 is 0 Å². The van der Waals surface area contributed by atoms with E-state index in [1.165, 1.54) is 65.4 Å². The number of aromatic nitrogens is 4. The zero-order chi connectivity index (χ0) is 31.7. The fraction of sp³-hybridized carbons (Fsp3) is 0.0952. The standard InChI is InChI=1S/C40H32N4.C2H2/c1-21-33-25-13-5-7-15-27(25)35(41-33)22(2)37-29-17-9-11-19-31(29)39(43-37)24(4)40-32-20-12-10-18-30(32)38(44-40)23(3)36-28-16-8-6-14-26(28)34(21)42-36;1-2/h5-20,41-44H,1-4H3;1-2H. The summed E-state index contributed by atoms with van der Waals surface area (Å²) in [7, 11) is 0. The molecule has 4 N–H and O–H groups in total. The minimum Gasteiger partial charge on any atom is -0.354 e. The summed E-state index contributed by atoms with van der Waals surface area (Å²) < 4.78 is 0. The van der Waals surface area contributed by atoms with Crippen LogP contribution in [0.4, 0.5) is 0 Å². The van der Waals surface area contributed by atoms with Crippen molar-refractivity contribution in [1.82, 2.24) is 19.9 Å². The van der Waals surface area contributed by atoms with Gasteiger partial charge < -0.3 is 19.9 Å². The lowest BCUT2D eigenvalue weighted by molar-refractivity contribution is 1.19. The Hall–Kier alpha value is -5.92. The minimum absolute atomic E-state index is 1.14. The van der Waals surface area contributed by atoms with Crippen molar-refractivity contribution in [3.63, 3.8) is 0 Å². The second-order valence-electron chi connectivity index (χ2n) is 12.2. The summed E-state index contributed by atoms with van der Waals surface area (Å²) in [5, 5.41) is 14.4. The molecule has 8 bridgehead atoms. The summed E-state index contributed by atoms with van der Waals surface area (Å²) in [5.74, 6) is 0. The van der Waals surface area contributed by atoms with Gasteiger partial charge in [0, 0.05) is 43.1 Å². The van der Waals surface area contributed by atoms with Gasteiger partial charge in [0.25, 0.3) is 0 Å². The van der Waals surface area contributed by atoms with Crippen LogP contribution in [0.3, 0.4) is 0 Å². The van der Waals surface area contributed by atoms with Gasteiger partial charge in [0.15, 0.2) is 0 Å². The summed E-state index contributed by atoms with van der Waals surface area (Å²) in [5.41, 5.74) is 9.35. The van der Waals surface area contributed by atoms with Crippen molar-refractivity contribution in [3.05, 3.63) is 141 Å². The average Bonchev–Trinajstić information content (AvgIpc) is 3.88. The van der Waals surface area contributed by atoms with E-state index in [1.807, 2.05) is 0 Å². The molecule has 0 atom stereocenters. The normalized spacial score (nSPS) is 13.2. The van der Waals surface area contributed by atoms with E-state index in [0.29, 0.717) is 0 Å². The lowest BCUT2D eigenvalue weighted by Gasteiger charge is -2.02. The second-order valence-corrected chi connectivity index (χ2v) is 12.2. The van der Waals surface area contributed by atoms with Crippen LogP contribution < -0.4 is 21.4 Å². The van der Waals surface area contributed by atoms with Crippen LogP contribution in [0.1, 0.15) is 50.5 Å². The number of rotatable bonds is 0. The van der Waals surface area contributed by atoms with Gasteiger partial charge >= 0.3 is 0 Å². The second kappa shape index (κ2) is 10.3. The Morgan fingerprint density at radius 3 is 0.717 bits per heavy atom. The summed E-state index contributed by atoms with van der Waals surface area (Å²) in [6.07, 6.45) is 8.00. The molecule has 4 aromatic carbocycles. The fourth-order valence-electron chi connectivity index (χ4n) is 7.58. The number of hydrogen-bond acceptors (Lipinski definition) is 0. The molecule has 0 radical (unpaired) electrons. The Labute approximate surface area is 266 Å². The number of aromatic amines is 4. The van der Waals surface area contributed by atoms with Crippen molar-refractivity contribution in [2.24, 2.45) is 0 Å². The van der Waals surface area contributed by atoms with Crippen molar-refractivity contribution in [1.29, 1.82) is 0 Å². The van der Waals surface area contributed by atoms with E-state index in [-0.39, 0.29) is 0 Å². The molecule has 9 rings (SSSR count). The average molecular weight is 595 g/mol. The highest BCUT2D eigenvalue weighted by atomic mass is 14.8. The number of hydrogen-bond donors (Lipinski definition) is 4. The molecule has 8 aromatic rings. The van der Waals surface area contributed by atoms with E-state index in [4.69, 9.17) is 0 Å². The van der Waals surface area contributed by atoms with Gasteiger partial charge in [-0.15, -0.1) is 12.8 Å². The van der Waals surface area contributed by atoms with Crippen LogP contribution in [0, 0.1) is 12.8 Å². The first-order valence-electron chi connectivity index (χ1n) is 15.6. The first-order valence-corrected chi connectivity index (χ1v) is 15.6. The van der Waals surface area contributed by atoms with Crippen LogP contribution in [0.2, 0.25) is 0 Å². The molecule has 0 amide bonds. The molecule has 222 valence electrons. The smallest absolute Gasteiger partial charge is 0.0515 e. The fourth-order valence-corrected chi connectivity index (χ4v) is 7.58. The molecule has 0 saturated carbocycles. The van der Waals surface area contributed by atoms with Gasteiger partial charge in [0.2, 0.25) is 0 Å². The first kappa shape index (κ1) is 27.6. The number of nitrogens with one attached hydrogen (secondary N) is 4. The van der Waals surface area contributed by atoms with Gasteiger partial charge in [0.1, 0.15) is 0 Å². The molecule has 5 heterocycles. The molecule has 46 heavy (non-hydrogen) atoms. The lowest BCUT2D eigenvalue weighted by Crippen LogP contribution is -2.16. The molecule has 1 aliphatic rings. The molecule has 0 fully saturated rings. The van der Waals surface area contributed by atoms with Gasteiger partial charge in [-0.05, 0) is 50.0 Å². The molecule has 0 unspecified atom stereocenters. The van der Waals surface area contributed by atoms with Gasteiger partial charge in [-0.2, -0.15) is 0 Å². The van der Waals surface area contributed by atoms with Crippen LogP contribution in [-0.4, -0.2) is 19.9 Å². The van der Waals surface area contributed by atoms with E-state index in [2.05, 4.69) is 158 Å². The Balaban J connectivity index is 0.00000153. The Kier molecular flexibility index (Phi) is 6.20. The number of H-pyrrole nitrogens is 4. The number of benzene rings is 4. The molecule has 1 aliphatic heterocycles. The van der Waals surface area contributed by atoms with E-state index < -0.39 is 0 Å². The molecular weight excluding hydrogens is 560 g/mol. The summed E-state index contributed by atoms with van der Waals surface area (Å²) in [6.45, 7) is 8.95. The van der Waals surface area contributed by atoms with Gasteiger partial charge in [-0.25, -0.2) is 0 Å². The monoisotopic (exact) mass is 594 g/mol. The lowest BCUT2D eigenvalue weighted by atomic mass is 10.0. The summed E-state index contributed by atoms with van der Waals surface area (Å²) in [6, 6.07) is 35.0. The van der Waals surface area contributed by atoms with Crippen LogP contribution in [0.15, 0.2) is 97.1 Å². The SMILES string of the molecule is C#C.CC1=c2[nH]c(c3ccccc23)=C(C)c2[nH]c(c3ccccc23)C(C)=c2[nH]c(c3ccccc23)=C(C)c2[nH]c1c1ccccc21. The van der Waals surface area contributed by atoms with Gasteiger partial charge in [-0.3, -0.25) is 0 Å². The molecule has 0 spiro atoms. The third kappa shape index (κ3) is 3.76. The topological polar surface area (TPSA) is 63.2 Å². The predicted octanol–water partition coefficient (Wildman–Crippen LogP) is 7.05. The van der Waals surface area contributed by atoms with E-state index in [9.17, 15) is 0 Å². The summed E-state index contributed by atoms with van der Waals surface area (Å²) in [4.78, 5) is 15.7. The third-order valence-corrected chi connectivity index (χ3v) is 9.86. The van der Waals surface area contributed by atoms with Crippen LogP contribution in [-0.2, 0) is 0 Å². The van der Waals surface area contributed by atoms with Crippen molar-refractivity contribution in [2.45, 2.75) is 27.7 Å². The van der Waals surface area contributed by atoms with Crippen molar-refractivity contribution in [3.8, 4) is 12.8 Å². The molecule has 4 aromatic heterocycles. The highest BCUT2D eigenvalue weighted by molar-refractivity contribution is 6.04. The van der Waals surface area contributed by atoms with Crippen LogP contribution >= 0.6 is 0 Å². The predicted molar refractivity (Wildman–Crippen MR) is 194 cm³/mol. The Morgan fingerprint density at radius 1 is 0.304 bits per heavy atom. The Morgan fingerprint density at radius 2 is 0.500 bits per heavy atom. The molecular formula is C42H34N4. The first-order chi connectivity index (χ1) is 22.5. The maximum absolute atomic E-state index is 4.00. The number of fused-ring (bicyclic) bond motifs is 20. The summed E-state index contributed by atoms with van der Waals surface area (Å²) >= 11 is 0. The number of terminal acetylenes is 1. The zero-order valence-corrected chi connectivity index (χ0v) is 26.4. The van der Waals surface area contributed by atoms with Crippen molar-refractivity contribution in [2.75, 3.05) is 0 Å². The molecule has 0 saturated heterocycles. The zero-order valence-electron chi connectivity index (χ0n) is 26.4. The van der Waals surface area contributed by atoms with Crippen LogP contribution in [0.5, 0.6) is 0 Å².